The molecule has 1 aromatic carbocycles. The molecule has 0 saturated carbocycles. The maximum absolute atomic E-state index is 12.0. The van der Waals surface area contributed by atoms with Gasteiger partial charge in [-0.1, -0.05) is 13.8 Å². The molecule has 5 nitrogen and oxygen atoms in total. The van der Waals surface area contributed by atoms with Gasteiger partial charge in [-0.05, 0) is 43.5 Å². The second kappa shape index (κ2) is 6.93. The van der Waals surface area contributed by atoms with Crippen LogP contribution in [0.25, 0.3) is 0 Å². The molecule has 0 radical (unpaired) electrons. The van der Waals surface area contributed by atoms with Crippen LogP contribution < -0.4 is 10.6 Å². The molecule has 0 bridgehead atoms. The van der Waals surface area contributed by atoms with Crippen molar-refractivity contribution in [1.82, 2.24) is 10.6 Å². The summed E-state index contributed by atoms with van der Waals surface area (Å²) in [4.78, 5) is 23.8. The minimum absolute atomic E-state index is 0.143. The molecule has 0 aliphatic rings. The van der Waals surface area contributed by atoms with Crippen LogP contribution in [0.3, 0.4) is 0 Å². The number of carbonyl (C=O) groups excluding carboxylic acids is 2. The van der Waals surface area contributed by atoms with Crippen molar-refractivity contribution < 1.29 is 14.7 Å². The number of phenolic OH excluding ortho intramolecular Hbond substituents is 1. The SMILES string of the molecule is Cc1cc(C(=O)NC(C)C(=O)NCC(C)C)ccc1O. The van der Waals surface area contributed by atoms with E-state index in [1.165, 1.54) is 12.1 Å². The summed E-state index contributed by atoms with van der Waals surface area (Å²) in [6.45, 7) is 7.94. The Morgan fingerprint density at radius 2 is 1.90 bits per heavy atom. The molecule has 110 valence electrons. The number of amides is 2. The zero-order valence-corrected chi connectivity index (χ0v) is 12.4. The van der Waals surface area contributed by atoms with Gasteiger partial charge in [-0.2, -0.15) is 0 Å². The van der Waals surface area contributed by atoms with E-state index in [-0.39, 0.29) is 17.6 Å². The Labute approximate surface area is 119 Å². The van der Waals surface area contributed by atoms with Gasteiger partial charge in [0.05, 0.1) is 0 Å². The van der Waals surface area contributed by atoms with Crippen molar-refractivity contribution >= 4 is 11.8 Å². The van der Waals surface area contributed by atoms with Gasteiger partial charge in [0.15, 0.2) is 0 Å². The number of aromatic hydroxyl groups is 1. The zero-order valence-electron chi connectivity index (χ0n) is 12.4. The predicted octanol–water partition coefficient (Wildman–Crippen LogP) is 1.59. The molecule has 1 atom stereocenters. The quantitative estimate of drug-likeness (QED) is 0.765. The summed E-state index contributed by atoms with van der Waals surface area (Å²) in [6.07, 6.45) is 0. The molecule has 1 rings (SSSR count). The van der Waals surface area contributed by atoms with E-state index in [1.54, 1.807) is 19.9 Å². The molecule has 2 amide bonds. The molecule has 1 aromatic rings. The third-order valence-electron chi connectivity index (χ3n) is 2.88. The number of carbonyl (C=O) groups is 2. The molecule has 0 aromatic heterocycles. The molecular formula is C15H22N2O3. The van der Waals surface area contributed by atoms with E-state index in [2.05, 4.69) is 10.6 Å². The fourth-order valence-corrected chi connectivity index (χ4v) is 1.60. The van der Waals surface area contributed by atoms with Crippen LogP contribution in [0, 0.1) is 12.8 Å². The van der Waals surface area contributed by atoms with E-state index < -0.39 is 6.04 Å². The third kappa shape index (κ3) is 4.57. The van der Waals surface area contributed by atoms with E-state index in [1.807, 2.05) is 13.8 Å². The van der Waals surface area contributed by atoms with E-state index in [4.69, 9.17) is 0 Å². The summed E-state index contributed by atoms with van der Waals surface area (Å²) in [5.41, 5.74) is 1.04. The summed E-state index contributed by atoms with van der Waals surface area (Å²) in [5, 5.41) is 14.8. The number of aryl methyl sites for hydroxylation is 1. The highest BCUT2D eigenvalue weighted by Gasteiger charge is 2.16. The Hall–Kier alpha value is -2.04. The van der Waals surface area contributed by atoms with Crippen LogP contribution in [0.2, 0.25) is 0 Å². The van der Waals surface area contributed by atoms with Crippen LogP contribution >= 0.6 is 0 Å². The van der Waals surface area contributed by atoms with E-state index in [0.29, 0.717) is 23.6 Å². The van der Waals surface area contributed by atoms with Crippen LogP contribution in [0.15, 0.2) is 18.2 Å². The summed E-state index contributed by atoms with van der Waals surface area (Å²) >= 11 is 0. The van der Waals surface area contributed by atoms with Gasteiger partial charge in [0.25, 0.3) is 5.91 Å². The van der Waals surface area contributed by atoms with Crippen LogP contribution in [0.1, 0.15) is 36.7 Å². The number of rotatable bonds is 5. The molecule has 0 spiro atoms. The molecule has 1 unspecified atom stereocenters. The van der Waals surface area contributed by atoms with Gasteiger partial charge in [-0.15, -0.1) is 0 Å². The van der Waals surface area contributed by atoms with Crippen LogP contribution in [-0.2, 0) is 4.79 Å². The van der Waals surface area contributed by atoms with Crippen molar-refractivity contribution in [1.29, 1.82) is 0 Å². The second-order valence-corrected chi connectivity index (χ2v) is 5.34. The van der Waals surface area contributed by atoms with Crippen molar-refractivity contribution in [3.05, 3.63) is 29.3 Å². The lowest BCUT2D eigenvalue weighted by Gasteiger charge is -2.15. The Morgan fingerprint density at radius 3 is 2.45 bits per heavy atom. The fourth-order valence-electron chi connectivity index (χ4n) is 1.60. The smallest absolute Gasteiger partial charge is 0.251 e. The maximum Gasteiger partial charge on any atom is 0.251 e. The van der Waals surface area contributed by atoms with Crippen LogP contribution in [-0.4, -0.2) is 29.5 Å². The summed E-state index contributed by atoms with van der Waals surface area (Å²) < 4.78 is 0. The lowest BCUT2D eigenvalue weighted by molar-refractivity contribution is -0.122. The molecule has 0 fully saturated rings. The summed E-state index contributed by atoms with van der Waals surface area (Å²) in [5.74, 6) is -0.0336. The lowest BCUT2D eigenvalue weighted by atomic mass is 10.1. The Balaban J connectivity index is 2.60. The number of phenols is 1. The third-order valence-corrected chi connectivity index (χ3v) is 2.88. The number of nitrogens with one attached hydrogen (secondary N) is 2. The first-order valence-corrected chi connectivity index (χ1v) is 6.69. The first-order chi connectivity index (χ1) is 9.31. The molecule has 3 N–H and O–H groups in total. The fraction of sp³-hybridized carbons (Fsp3) is 0.467. The Kier molecular flexibility index (Phi) is 5.55. The summed E-state index contributed by atoms with van der Waals surface area (Å²) in [7, 11) is 0. The minimum Gasteiger partial charge on any atom is -0.508 e. The topological polar surface area (TPSA) is 78.4 Å². The van der Waals surface area contributed by atoms with Gasteiger partial charge in [0.2, 0.25) is 5.91 Å². The Morgan fingerprint density at radius 1 is 1.25 bits per heavy atom. The highest BCUT2D eigenvalue weighted by molar-refractivity contribution is 5.97. The largest absolute Gasteiger partial charge is 0.508 e. The molecule has 20 heavy (non-hydrogen) atoms. The molecule has 0 heterocycles. The van der Waals surface area contributed by atoms with Gasteiger partial charge >= 0.3 is 0 Å². The van der Waals surface area contributed by atoms with Crippen molar-refractivity contribution in [2.24, 2.45) is 5.92 Å². The predicted molar refractivity (Wildman–Crippen MR) is 77.6 cm³/mol. The van der Waals surface area contributed by atoms with Gasteiger partial charge in [-0.3, -0.25) is 9.59 Å². The monoisotopic (exact) mass is 278 g/mol. The van der Waals surface area contributed by atoms with Crippen LogP contribution in [0.5, 0.6) is 5.75 Å². The highest BCUT2D eigenvalue weighted by atomic mass is 16.3. The summed E-state index contributed by atoms with van der Waals surface area (Å²) in [6, 6.07) is 3.98. The van der Waals surface area contributed by atoms with Crippen molar-refractivity contribution in [3.63, 3.8) is 0 Å². The van der Waals surface area contributed by atoms with Gasteiger partial charge in [0, 0.05) is 12.1 Å². The first kappa shape index (κ1) is 16.0. The molecular weight excluding hydrogens is 256 g/mol. The molecule has 0 aliphatic carbocycles. The number of hydrogen-bond acceptors (Lipinski definition) is 3. The highest BCUT2D eigenvalue weighted by Crippen LogP contribution is 2.16. The van der Waals surface area contributed by atoms with E-state index >= 15 is 0 Å². The van der Waals surface area contributed by atoms with Crippen molar-refractivity contribution in [2.75, 3.05) is 6.54 Å². The van der Waals surface area contributed by atoms with E-state index in [0.717, 1.165) is 0 Å². The first-order valence-electron chi connectivity index (χ1n) is 6.69. The zero-order chi connectivity index (χ0) is 15.3. The normalized spacial score (nSPS) is 12.1. The Bertz CT molecular complexity index is 498. The van der Waals surface area contributed by atoms with Crippen LogP contribution in [0.4, 0.5) is 0 Å². The van der Waals surface area contributed by atoms with Gasteiger partial charge < -0.3 is 15.7 Å². The van der Waals surface area contributed by atoms with Gasteiger partial charge in [-0.25, -0.2) is 0 Å². The molecule has 5 heteroatoms. The van der Waals surface area contributed by atoms with Crippen molar-refractivity contribution in [3.8, 4) is 5.75 Å². The average Bonchev–Trinajstić information content (AvgIpc) is 2.38. The number of hydrogen-bond donors (Lipinski definition) is 3. The second-order valence-electron chi connectivity index (χ2n) is 5.34. The number of benzene rings is 1. The standard InChI is InChI=1S/C15H22N2O3/c1-9(2)8-16-14(19)11(4)17-15(20)12-5-6-13(18)10(3)7-12/h5-7,9,11,18H,8H2,1-4H3,(H,16,19)(H,17,20). The van der Waals surface area contributed by atoms with Gasteiger partial charge in [0.1, 0.15) is 11.8 Å². The minimum atomic E-state index is -0.602. The van der Waals surface area contributed by atoms with Crippen molar-refractivity contribution in [2.45, 2.75) is 33.7 Å². The average molecular weight is 278 g/mol. The lowest BCUT2D eigenvalue weighted by Crippen LogP contribution is -2.45. The molecule has 0 aliphatic heterocycles. The van der Waals surface area contributed by atoms with E-state index in [9.17, 15) is 14.7 Å². The maximum atomic E-state index is 12.0. The molecule has 0 saturated heterocycles.